The van der Waals surface area contributed by atoms with Gasteiger partial charge >= 0.3 is 0 Å². The first kappa shape index (κ1) is 18.7. The Morgan fingerprint density at radius 3 is 2.52 bits per heavy atom. The summed E-state index contributed by atoms with van der Waals surface area (Å²) in [5.41, 5.74) is 3.60. The number of benzene rings is 2. The predicted molar refractivity (Wildman–Crippen MR) is 114 cm³/mol. The topological polar surface area (TPSA) is 88.2 Å². The molecule has 7 nitrogen and oxygen atoms in total. The van der Waals surface area contributed by atoms with Gasteiger partial charge in [0.15, 0.2) is 0 Å². The Morgan fingerprint density at radius 2 is 1.76 bits per heavy atom. The molecule has 3 aromatic rings. The van der Waals surface area contributed by atoms with Gasteiger partial charge in [-0.3, -0.25) is 4.79 Å². The summed E-state index contributed by atoms with van der Waals surface area (Å²) >= 11 is 0. The lowest BCUT2D eigenvalue weighted by Gasteiger charge is -2.12. The first-order valence-corrected chi connectivity index (χ1v) is 9.52. The molecule has 0 bridgehead atoms. The second-order valence-corrected chi connectivity index (χ2v) is 7.06. The molecule has 29 heavy (non-hydrogen) atoms. The standard InChI is InChI=1S/C22H23N5O2/c1-14-6-9-18(29-2)11-19(14)27-21-12-20(23-13-24-21)25-16-4-3-5-17(10-16)26-22(28)15-7-8-15/h3-6,9-13,15H,7-8H2,1-2H3,(H,26,28)(H2,23,24,25,27). The fourth-order valence-corrected chi connectivity index (χ4v) is 2.91. The van der Waals surface area contributed by atoms with E-state index in [9.17, 15) is 4.79 Å². The number of nitrogens with zero attached hydrogens (tertiary/aromatic N) is 2. The van der Waals surface area contributed by atoms with Crippen LogP contribution in [-0.4, -0.2) is 23.0 Å². The van der Waals surface area contributed by atoms with Crippen molar-refractivity contribution in [1.82, 2.24) is 9.97 Å². The van der Waals surface area contributed by atoms with Gasteiger partial charge in [-0.05, 0) is 49.6 Å². The summed E-state index contributed by atoms with van der Waals surface area (Å²) in [5.74, 6) is 2.34. The van der Waals surface area contributed by atoms with Crippen LogP contribution in [0.4, 0.5) is 28.7 Å². The number of carbonyl (C=O) groups is 1. The van der Waals surface area contributed by atoms with Gasteiger partial charge in [0.05, 0.1) is 7.11 Å². The molecular weight excluding hydrogens is 366 g/mol. The van der Waals surface area contributed by atoms with Gasteiger partial charge in [-0.2, -0.15) is 0 Å². The Morgan fingerprint density at radius 1 is 1.00 bits per heavy atom. The minimum absolute atomic E-state index is 0.0873. The lowest BCUT2D eigenvalue weighted by atomic mass is 10.2. The second-order valence-electron chi connectivity index (χ2n) is 7.06. The number of methoxy groups -OCH3 is 1. The summed E-state index contributed by atoms with van der Waals surface area (Å²) in [6.45, 7) is 2.02. The molecule has 1 heterocycles. The van der Waals surface area contributed by atoms with Crippen molar-refractivity contribution < 1.29 is 9.53 Å². The fourth-order valence-electron chi connectivity index (χ4n) is 2.91. The first-order valence-electron chi connectivity index (χ1n) is 9.52. The Labute approximate surface area is 169 Å². The third-order valence-corrected chi connectivity index (χ3v) is 4.73. The number of hydrogen-bond donors (Lipinski definition) is 3. The van der Waals surface area contributed by atoms with E-state index in [2.05, 4.69) is 25.9 Å². The van der Waals surface area contributed by atoms with Crippen molar-refractivity contribution in [1.29, 1.82) is 0 Å². The van der Waals surface area contributed by atoms with E-state index in [1.165, 1.54) is 6.33 Å². The number of nitrogens with one attached hydrogen (secondary N) is 3. The molecular formula is C22H23N5O2. The van der Waals surface area contributed by atoms with E-state index in [-0.39, 0.29) is 11.8 Å². The highest BCUT2D eigenvalue weighted by Gasteiger charge is 2.29. The molecule has 1 aliphatic carbocycles. The summed E-state index contributed by atoms with van der Waals surface area (Å²) < 4.78 is 5.29. The smallest absolute Gasteiger partial charge is 0.227 e. The maximum atomic E-state index is 12.0. The molecule has 1 amide bonds. The molecule has 0 unspecified atom stereocenters. The quantitative estimate of drug-likeness (QED) is 0.546. The van der Waals surface area contributed by atoms with Crippen LogP contribution < -0.4 is 20.7 Å². The van der Waals surface area contributed by atoms with Crippen LogP contribution in [0, 0.1) is 12.8 Å². The van der Waals surface area contributed by atoms with E-state index in [1.54, 1.807) is 7.11 Å². The second kappa shape index (κ2) is 8.18. The summed E-state index contributed by atoms with van der Waals surface area (Å²) in [5, 5.41) is 9.52. The normalized spacial score (nSPS) is 12.9. The van der Waals surface area contributed by atoms with Gasteiger partial charge in [0.1, 0.15) is 23.7 Å². The van der Waals surface area contributed by atoms with Crippen molar-refractivity contribution in [3.05, 3.63) is 60.4 Å². The number of carbonyl (C=O) groups excluding carboxylic acids is 1. The van der Waals surface area contributed by atoms with Gasteiger partial charge < -0.3 is 20.7 Å². The molecule has 7 heteroatoms. The summed E-state index contributed by atoms with van der Waals surface area (Å²) in [7, 11) is 1.64. The van der Waals surface area contributed by atoms with Crippen molar-refractivity contribution in [3.63, 3.8) is 0 Å². The Hall–Kier alpha value is -3.61. The zero-order valence-corrected chi connectivity index (χ0v) is 16.4. The molecule has 1 saturated carbocycles. The SMILES string of the molecule is COc1ccc(C)c(Nc2cc(Nc3cccc(NC(=O)C4CC4)c3)ncn2)c1. The molecule has 0 saturated heterocycles. The van der Waals surface area contributed by atoms with Gasteiger partial charge in [0.2, 0.25) is 5.91 Å². The Balaban J connectivity index is 1.47. The van der Waals surface area contributed by atoms with Crippen LogP contribution in [-0.2, 0) is 4.79 Å². The lowest BCUT2D eigenvalue weighted by Crippen LogP contribution is -2.13. The number of amides is 1. The van der Waals surface area contributed by atoms with Crippen LogP contribution in [0.1, 0.15) is 18.4 Å². The van der Waals surface area contributed by atoms with Crippen molar-refractivity contribution >= 4 is 34.6 Å². The molecule has 4 rings (SSSR count). The molecule has 0 atom stereocenters. The monoisotopic (exact) mass is 389 g/mol. The maximum Gasteiger partial charge on any atom is 0.227 e. The van der Waals surface area contributed by atoms with E-state index < -0.39 is 0 Å². The van der Waals surface area contributed by atoms with E-state index in [1.807, 2.05) is 55.5 Å². The number of aromatic nitrogens is 2. The fraction of sp³-hybridized carbons (Fsp3) is 0.227. The summed E-state index contributed by atoms with van der Waals surface area (Å²) in [6.07, 6.45) is 3.46. The van der Waals surface area contributed by atoms with Gasteiger partial charge in [-0.1, -0.05) is 12.1 Å². The molecule has 3 N–H and O–H groups in total. The third-order valence-electron chi connectivity index (χ3n) is 4.73. The minimum Gasteiger partial charge on any atom is -0.497 e. The van der Waals surface area contributed by atoms with E-state index in [0.717, 1.165) is 41.2 Å². The third kappa shape index (κ3) is 4.82. The number of rotatable bonds is 7. The summed E-state index contributed by atoms with van der Waals surface area (Å²) in [6, 6.07) is 15.3. The molecule has 0 spiro atoms. The van der Waals surface area contributed by atoms with Crippen LogP contribution in [0.5, 0.6) is 5.75 Å². The molecule has 1 aliphatic rings. The van der Waals surface area contributed by atoms with Crippen LogP contribution >= 0.6 is 0 Å². The average Bonchev–Trinajstić information content (AvgIpc) is 3.56. The van der Waals surface area contributed by atoms with Gasteiger partial charge in [0, 0.05) is 35.1 Å². The molecule has 0 radical (unpaired) electrons. The number of ether oxygens (including phenoxy) is 1. The van der Waals surface area contributed by atoms with Crippen LogP contribution in [0.15, 0.2) is 54.9 Å². The highest BCUT2D eigenvalue weighted by molar-refractivity contribution is 5.94. The highest BCUT2D eigenvalue weighted by Crippen LogP contribution is 2.31. The van der Waals surface area contributed by atoms with E-state index >= 15 is 0 Å². The minimum atomic E-state index is 0.0873. The number of aryl methyl sites for hydroxylation is 1. The van der Waals surface area contributed by atoms with Crippen LogP contribution in [0.25, 0.3) is 0 Å². The summed E-state index contributed by atoms with van der Waals surface area (Å²) in [4.78, 5) is 20.5. The van der Waals surface area contributed by atoms with Crippen LogP contribution in [0.2, 0.25) is 0 Å². The molecule has 2 aromatic carbocycles. The zero-order valence-electron chi connectivity index (χ0n) is 16.4. The largest absolute Gasteiger partial charge is 0.497 e. The Bertz CT molecular complexity index is 1030. The van der Waals surface area contributed by atoms with Gasteiger partial charge in [0.25, 0.3) is 0 Å². The zero-order chi connectivity index (χ0) is 20.2. The molecule has 0 aliphatic heterocycles. The lowest BCUT2D eigenvalue weighted by molar-refractivity contribution is -0.117. The number of hydrogen-bond acceptors (Lipinski definition) is 6. The Kier molecular flexibility index (Phi) is 5.29. The molecule has 1 aromatic heterocycles. The average molecular weight is 389 g/mol. The molecule has 1 fully saturated rings. The predicted octanol–water partition coefficient (Wildman–Crippen LogP) is 4.63. The number of anilines is 5. The van der Waals surface area contributed by atoms with Crippen molar-refractivity contribution in [2.45, 2.75) is 19.8 Å². The van der Waals surface area contributed by atoms with E-state index in [4.69, 9.17) is 4.74 Å². The van der Waals surface area contributed by atoms with Crippen molar-refractivity contribution in [3.8, 4) is 5.75 Å². The van der Waals surface area contributed by atoms with Gasteiger partial charge in [-0.25, -0.2) is 9.97 Å². The highest BCUT2D eigenvalue weighted by atomic mass is 16.5. The van der Waals surface area contributed by atoms with Crippen LogP contribution in [0.3, 0.4) is 0 Å². The van der Waals surface area contributed by atoms with Gasteiger partial charge in [-0.15, -0.1) is 0 Å². The van der Waals surface area contributed by atoms with Crippen molar-refractivity contribution in [2.24, 2.45) is 5.92 Å². The first-order chi connectivity index (χ1) is 14.1. The maximum absolute atomic E-state index is 12.0. The molecule has 148 valence electrons. The van der Waals surface area contributed by atoms with E-state index in [0.29, 0.717) is 11.6 Å². The van der Waals surface area contributed by atoms with Crippen molar-refractivity contribution in [2.75, 3.05) is 23.1 Å².